The largest absolute Gasteiger partial charge is 0.545 e. The fraction of sp³-hybridized carbons (Fsp3) is 0.190. The minimum atomic E-state index is -1.32. The molecule has 0 saturated heterocycles. The highest BCUT2D eigenvalue weighted by molar-refractivity contribution is 6.16. The second kappa shape index (κ2) is 7.56. The minimum Gasteiger partial charge on any atom is -0.545 e. The molecule has 2 aromatic carbocycles. The summed E-state index contributed by atoms with van der Waals surface area (Å²) in [5, 5.41) is 13.8. The third-order valence-electron chi connectivity index (χ3n) is 4.43. The molecule has 1 aliphatic rings. The molecular weight excluding hydrogens is 360 g/mol. The Kier molecular flexibility index (Phi) is 5.17. The van der Waals surface area contributed by atoms with Gasteiger partial charge in [-0.1, -0.05) is 30.3 Å². The monoisotopic (exact) mass is 379 g/mol. The van der Waals surface area contributed by atoms with Crippen molar-refractivity contribution < 1.29 is 24.2 Å². The third kappa shape index (κ3) is 3.46. The van der Waals surface area contributed by atoms with Crippen LogP contribution in [0.1, 0.15) is 24.2 Å². The van der Waals surface area contributed by atoms with Gasteiger partial charge in [-0.25, -0.2) is 4.79 Å². The summed E-state index contributed by atoms with van der Waals surface area (Å²) in [7, 11) is 0. The van der Waals surface area contributed by atoms with Crippen LogP contribution in [0.15, 0.2) is 66.4 Å². The van der Waals surface area contributed by atoms with Crippen LogP contribution in [0, 0.1) is 0 Å². The molecule has 1 N–H and O–H groups in total. The first kappa shape index (κ1) is 19.2. The Labute approximate surface area is 162 Å². The van der Waals surface area contributed by atoms with Crippen LogP contribution in [-0.2, 0) is 14.3 Å². The predicted molar refractivity (Wildman–Crippen MR) is 101 cm³/mol. The number of nitrogens with zero attached hydrogens (tertiary/aromatic N) is 1. The van der Waals surface area contributed by atoms with Crippen LogP contribution in [0.5, 0.6) is 0 Å². The normalized spacial score (nSPS) is 18.6. The van der Waals surface area contributed by atoms with E-state index in [0.29, 0.717) is 11.4 Å². The lowest BCUT2D eigenvalue weighted by Crippen LogP contribution is -2.51. The van der Waals surface area contributed by atoms with Crippen molar-refractivity contribution in [2.45, 2.75) is 19.4 Å². The standard InChI is InChI=1S/C21H20N2O5/c1-3-28-20(27)21(2)13-17(18(24)23(21)16-7-5-4-6-8-16)22-15-11-9-14(10-12-15)19(25)26/h4-13,22H,3H2,1-2H3,(H,25,26)/p-1/t21-/m1/s1. The zero-order chi connectivity index (χ0) is 20.3. The highest BCUT2D eigenvalue weighted by atomic mass is 16.5. The van der Waals surface area contributed by atoms with Gasteiger partial charge in [-0.2, -0.15) is 0 Å². The quantitative estimate of drug-likeness (QED) is 0.768. The van der Waals surface area contributed by atoms with E-state index >= 15 is 0 Å². The van der Waals surface area contributed by atoms with Crippen LogP contribution in [0.3, 0.4) is 0 Å². The van der Waals surface area contributed by atoms with Crippen molar-refractivity contribution >= 4 is 29.2 Å². The molecule has 1 aliphatic heterocycles. The van der Waals surface area contributed by atoms with Crippen LogP contribution in [0.25, 0.3) is 0 Å². The number of carboxylic acid groups (broad SMARTS) is 1. The summed E-state index contributed by atoms with van der Waals surface area (Å²) in [5.74, 6) is -2.23. The molecule has 3 rings (SSSR count). The molecule has 0 saturated carbocycles. The molecule has 0 fully saturated rings. The van der Waals surface area contributed by atoms with Gasteiger partial charge in [0.1, 0.15) is 5.70 Å². The van der Waals surface area contributed by atoms with Gasteiger partial charge in [0.05, 0.1) is 12.6 Å². The lowest BCUT2D eigenvalue weighted by molar-refractivity contribution is -0.255. The number of carboxylic acids is 1. The van der Waals surface area contributed by atoms with Crippen LogP contribution < -0.4 is 15.3 Å². The molecular formula is C21H19N2O5-. The number of esters is 1. The maximum Gasteiger partial charge on any atom is 0.336 e. The minimum absolute atomic E-state index is 0.0274. The molecule has 7 nitrogen and oxygen atoms in total. The van der Waals surface area contributed by atoms with Gasteiger partial charge in [0.2, 0.25) is 0 Å². The van der Waals surface area contributed by atoms with Gasteiger partial charge < -0.3 is 20.0 Å². The molecule has 1 heterocycles. The molecule has 0 aliphatic carbocycles. The molecule has 1 atom stereocenters. The number of hydrogen-bond donors (Lipinski definition) is 1. The van der Waals surface area contributed by atoms with Crippen LogP contribution >= 0.6 is 0 Å². The van der Waals surface area contributed by atoms with Crippen molar-refractivity contribution in [3.8, 4) is 0 Å². The first-order valence-electron chi connectivity index (χ1n) is 8.75. The Bertz CT molecular complexity index is 937. The number of ether oxygens (including phenoxy) is 1. The second-order valence-electron chi connectivity index (χ2n) is 6.39. The fourth-order valence-corrected chi connectivity index (χ4v) is 3.06. The zero-order valence-corrected chi connectivity index (χ0v) is 15.5. The lowest BCUT2D eigenvalue weighted by Gasteiger charge is -2.32. The molecule has 28 heavy (non-hydrogen) atoms. The number of anilines is 2. The number of carbonyl (C=O) groups is 3. The predicted octanol–water partition coefficient (Wildman–Crippen LogP) is 1.71. The Balaban J connectivity index is 1.96. The number of nitrogens with one attached hydrogen (secondary N) is 1. The topological polar surface area (TPSA) is 98.8 Å². The number of benzene rings is 2. The van der Waals surface area contributed by atoms with Gasteiger partial charge >= 0.3 is 5.97 Å². The summed E-state index contributed by atoms with van der Waals surface area (Å²) in [6.45, 7) is 3.50. The summed E-state index contributed by atoms with van der Waals surface area (Å²) in [5.41, 5.74) is -0.0314. The summed E-state index contributed by atoms with van der Waals surface area (Å²) in [4.78, 5) is 38.0. The smallest absolute Gasteiger partial charge is 0.336 e. The van der Waals surface area contributed by atoms with Gasteiger partial charge in [0, 0.05) is 11.4 Å². The van der Waals surface area contributed by atoms with E-state index in [9.17, 15) is 19.5 Å². The summed E-state index contributed by atoms with van der Waals surface area (Å²) >= 11 is 0. The molecule has 0 aromatic heterocycles. The van der Waals surface area contributed by atoms with E-state index in [4.69, 9.17) is 4.74 Å². The van der Waals surface area contributed by atoms with Gasteiger partial charge in [-0.15, -0.1) is 0 Å². The van der Waals surface area contributed by atoms with E-state index < -0.39 is 23.4 Å². The van der Waals surface area contributed by atoms with Gasteiger partial charge in [0.25, 0.3) is 5.91 Å². The number of aromatic carboxylic acids is 1. The van der Waals surface area contributed by atoms with Gasteiger partial charge in [-0.3, -0.25) is 9.69 Å². The van der Waals surface area contributed by atoms with Crippen LogP contribution in [0.4, 0.5) is 11.4 Å². The number of amides is 1. The van der Waals surface area contributed by atoms with Crippen LogP contribution in [0.2, 0.25) is 0 Å². The molecule has 2 aromatic rings. The molecule has 144 valence electrons. The highest BCUT2D eigenvalue weighted by Gasteiger charge is 2.49. The van der Waals surface area contributed by atoms with E-state index in [1.165, 1.54) is 35.2 Å². The van der Waals surface area contributed by atoms with Crippen LogP contribution in [-0.4, -0.2) is 30.0 Å². The van der Waals surface area contributed by atoms with Crippen molar-refractivity contribution in [3.63, 3.8) is 0 Å². The SMILES string of the molecule is CCOC(=O)[C@@]1(C)C=C(Nc2ccc(C(=O)[O-])cc2)C(=O)N1c1ccccc1. The van der Waals surface area contributed by atoms with E-state index in [-0.39, 0.29) is 17.9 Å². The summed E-state index contributed by atoms with van der Waals surface area (Å²) < 4.78 is 5.19. The van der Waals surface area contributed by atoms with Crippen molar-refractivity contribution in [1.29, 1.82) is 0 Å². The van der Waals surface area contributed by atoms with E-state index in [1.54, 1.807) is 38.1 Å². The molecule has 0 spiro atoms. The third-order valence-corrected chi connectivity index (χ3v) is 4.43. The van der Waals surface area contributed by atoms with Gasteiger partial charge in [-0.05, 0) is 49.8 Å². The Hall–Kier alpha value is -3.61. The fourth-order valence-electron chi connectivity index (χ4n) is 3.06. The summed E-state index contributed by atoms with van der Waals surface area (Å²) in [6, 6.07) is 14.6. The Morgan fingerprint density at radius 2 is 1.75 bits per heavy atom. The number of carbonyl (C=O) groups excluding carboxylic acids is 3. The Morgan fingerprint density at radius 1 is 1.11 bits per heavy atom. The van der Waals surface area contributed by atoms with Crippen molar-refractivity contribution in [1.82, 2.24) is 0 Å². The molecule has 0 unspecified atom stereocenters. The lowest BCUT2D eigenvalue weighted by atomic mass is 10.0. The van der Waals surface area contributed by atoms with E-state index in [0.717, 1.165) is 0 Å². The first-order chi connectivity index (χ1) is 13.4. The van der Waals surface area contributed by atoms with Gasteiger partial charge in [0.15, 0.2) is 5.54 Å². The Morgan fingerprint density at radius 3 is 2.32 bits per heavy atom. The highest BCUT2D eigenvalue weighted by Crippen LogP contribution is 2.35. The zero-order valence-electron chi connectivity index (χ0n) is 15.5. The number of para-hydroxylation sites is 1. The van der Waals surface area contributed by atoms with E-state index in [2.05, 4.69) is 5.32 Å². The first-order valence-corrected chi connectivity index (χ1v) is 8.75. The molecule has 0 bridgehead atoms. The number of hydrogen-bond acceptors (Lipinski definition) is 6. The van der Waals surface area contributed by atoms with Crippen molar-refractivity contribution in [3.05, 3.63) is 71.9 Å². The molecule has 1 amide bonds. The van der Waals surface area contributed by atoms with Crippen molar-refractivity contribution in [2.24, 2.45) is 0 Å². The summed E-state index contributed by atoms with van der Waals surface area (Å²) in [6.07, 6.45) is 1.52. The van der Waals surface area contributed by atoms with E-state index in [1.807, 2.05) is 6.07 Å². The maximum atomic E-state index is 13.1. The number of rotatable bonds is 6. The maximum absolute atomic E-state index is 13.1. The van der Waals surface area contributed by atoms with Crippen molar-refractivity contribution in [2.75, 3.05) is 16.8 Å². The average molecular weight is 379 g/mol. The second-order valence-corrected chi connectivity index (χ2v) is 6.39. The molecule has 7 heteroatoms. The molecule has 0 radical (unpaired) electrons. The average Bonchev–Trinajstić information content (AvgIpc) is 2.94.